The van der Waals surface area contributed by atoms with Gasteiger partial charge in [0.15, 0.2) is 11.5 Å². The predicted molar refractivity (Wildman–Crippen MR) is 58.1 cm³/mol. The lowest BCUT2D eigenvalue weighted by molar-refractivity contribution is 0.0940. The first kappa shape index (κ1) is 12.7. The number of methoxy groups -OCH3 is 1. The Hall–Kier alpha value is -1.40. The highest BCUT2D eigenvalue weighted by molar-refractivity contribution is 5.92. The van der Waals surface area contributed by atoms with Crippen LogP contribution in [0.1, 0.15) is 23.2 Å². The maximum atomic E-state index is 11.6. The number of carbonyl (C=O) groups excluding carboxylic acids is 1. The molecule has 2 N–H and O–H groups in total. The van der Waals surface area contributed by atoms with Crippen LogP contribution in [0.3, 0.4) is 0 Å². The maximum absolute atomic E-state index is 11.6. The first-order valence-corrected chi connectivity index (χ1v) is 5.07. The third-order valence-electron chi connectivity index (χ3n) is 2.14. The van der Waals surface area contributed by atoms with Crippen LogP contribution in [0.25, 0.3) is 0 Å². The van der Waals surface area contributed by atoms with E-state index in [-0.39, 0.29) is 17.6 Å². The summed E-state index contributed by atoms with van der Waals surface area (Å²) < 4.78 is 9.77. The van der Waals surface area contributed by atoms with Gasteiger partial charge in [-0.05, 0) is 14.0 Å². The summed E-state index contributed by atoms with van der Waals surface area (Å²) in [4.78, 5) is 11.6. The molecule has 6 nitrogen and oxygen atoms in total. The van der Waals surface area contributed by atoms with Gasteiger partial charge in [-0.2, -0.15) is 0 Å². The van der Waals surface area contributed by atoms with Crippen molar-refractivity contribution in [3.05, 3.63) is 17.5 Å². The molecule has 0 spiro atoms. The van der Waals surface area contributed by atoms with Crippen LogP contribution in [0, 0.1) is 0 Å². The summed E-state index contributed by atoms with van der Waals surface area (Å²) >= 11 is 0. The van der Waals surface area contributed by atoms with E-state index in [9.17, 15) is 4.79 Å². The normalized spacial score (nSPS) is 12.4. The monoisotopic (exact) mass is 227 g/mol. The molecule has 0 aliphatic heterocycles. The third-order valence-corrected chi connectivity index (χ3v) is 2.14. The van der Waals surface area contributed by atoms with E-state index in [1.54, 1.807) is 13.2 Å². The summed E-state index contributed by atoms with van der Waals surface area (Å²) in [7, 11) is 3.39. The van der Waals surface area contributed by atoms with Crippen LogP contribution in [0.15, 0.2) is 10.6 Å². The van der Waals surface area contributed by atoms with Crippen molar-refractivity contribution in [2.45, 2.75) is 19.6 Å². The molecule has 0 radical (unpaired) electrons. The van der Waals surface area contributed by atoms with Crippen molar-refractivity contribution in [1.29, 1.82) is 0 Å². The maximum Gasteiger partial charge on any atom is 0.273 e. The lowest BCUT2D eigenvalue weighted by atomic mass is 10.3. The topological polar surface area (TPSA) is 76.4 Å². The molecule has 1 unspecified atom stereocenters. The van der Waals surface area contributed by atoms with Crippen molar-refractivity contribution >= 4 is 5.91 Å². The smallest absolute Gasteiger partial charge is 0.273 e. The van der Waals surface area contributed by atoms with Gasteiger partial charge in [0.1, 0.15) is 6.61 Å². The van der Waals surface area contributed by atoms with E-state index in [1.807, 2.05) is 14.0 Å². The molecule has 1 aromatic heterocycles. The van der Waals surface area contributed by atoms with Crippen molar-refractivity contribution in [1.82, 2.24) is 15.8 Å². The number of amides is 1. The highest BCUT2D eigenvalue weighted by Gasteiger charge is 2.12. The molecule has 1 rings (SSSR count). The van der Waals surface area contributed by atoms with Gasteiger partial charge >= 0.3 is 0 Å². The molecule has 0 aromatic carbocycles. The van der Waals surface area contributed by atoms with Crippen LogP contribution in [0.4, 0.5) is 0 Å². The molecule has 16 heavy (non-hydrogen) atoms. The second kappa shape index (κ2) is 6.24. The van der Waals surface area contributed by atoms with Crippen molar-refractivity contribution in [2.24, 2.45) is 0 Å². The van der Waals surface area contributed by atoms with Gasteiger partial charge in [-0.15, -0.1) is 0 Å². The van der Waals surface area contributed by atoms with Gasteiger partial charge in [-0.25, -0.2) is 0 Å². The summed E-state index contributed by atoms with van der Waals surface area (Å²) in [6.45, 7) is 2.83. The fourth-order valence-electron chi connectivity index (χ4n) is 1.07. The average Bonchev–Trinajstić information content (AvgIpc) is 2.74. The molecule has 1 atom stereocenters. The van der Waals surface area contributed by atoms with Crippen LogP contribution in [-0.2, 0) is 11.3 Å². The van der Waals surface area contributed by atoms with Crippen molar-refractivity contribution in [3.8, 4) is 0 Å². The fraction of sp³-hybridized carbons (Fsp3) is 0.600. The molecule has 0 bridgehead atoms. The summed E-state index contributed by atoms with van der Waals surface area (Å²) in [5.41, 5.74) is 0.273. The standard InChI is InChI=1S/C10H17N3O3/c1-7(11-2)5-12-10(14)9-4-8(6-15-3)16-13-9/h4,7,11H,5-6H2,1-3H3,(H,12,14). The first-order valence-electron chi connectivity index (χ1n) is 5.07. The van der Waals surface area contributed by atoms with Gasteiger partial charge in [0.25, 0.3) is 5.91 Å². The molecule has 0 aliphatic carbocycles. The number of nitrogens with one attached hydrogen (secondary N) is 2. The predicted octanol–water partition coefficient (Wildman–Crippen LogP) is 0.159. The van der Waals surface area contributed by atoms with Crippen LogP contribution in [-0.4, -0.2) is 37.8 Å². The number of hydrogen-bond acceptors (Lipinski definition) is 5. The Balaban J connectivity index is 2.46. The first-order chi connectivity index (χ1) is 7.67. The summed E-state index contributed by atoms with van der Waals surface area (Å²) in [6.07, 6.45) is 0. The largest absolute Gasteiger partial charge is 0.377 e. The zero-order valence-electron chi connectivity index (χ0n) is 9.74. The lowest BCUT2D eigenvalue weighted by Crippen LogP contribution is -2.37. The van der Waals surface area contributed by atoms with Gasteiger partial charge in [-0.3, -0.25) is 4.79 Å². The number of rotatable bonds is 6. The Kier molecular flexibility index (Phi) is 4.94. The minimum Gasteiger partial charge on any atom is -0.377 e. The summed E-state index contributed by atoms with van der Waals surface area (Å²) in [5, 5.41) is 9.41. The van der Waals surface area contributed by atoms with E-state index in [2.05, 4.69) is 15.8 Å². The SMILES string of the molecule is CNC(C)CNC(=O)c1cc(COC)on1. The van der Waals surface area contributed by atoms with Crippen molar-refractivity contribution in [3.63, 3.8) is 0 Å². The molecule has 0 saturated heterocycles. The second-order valence-corrected chi connectivity index (χ2v) is 3.51. The van der Waals surface area contributed by atoms with Gasteiger partial charge in [0.05, 0.1) is 0 Å². The van der Waals surface area contributed by atoms with Crippen molar-refractivity contribution in [2.75, 3.05) is 20.7 Å². The van der Waals surface area contributed by atoms with E-state index < -0.39 is 0 Å². The van der Waals surface area contributed by atoms with Gasteiger partial charge in [0.2, 0.25) is 0 Å². The quantitative estimate of drug-likeness (QED) is 0.724. The molecule has 1 heterocycles. The fourth-order valence-corrected chi connectivity index (χ4v) is 1.07. The highest BCUT2D eigenvalue weighted by Crippen LogP contribution is 2.04. The lowest BCUT2D eigenvalue weighted by Gasteiger charge is -2.09. The molecule has 0 aliphatic rings. The van der Waals surface area contributed by atoms with E-state index in [0.29, 0.717) is 18.9 Å². The second-order valence-electron chi connectivity index (χ2n) is 3.51. The zero-order chi connectivity index (χ0) is 12.0. The van der Waals surface area contributed by atoms with E-state index in [1.165, 1.54) is 0 Å². The third kappa shape index (κ3) is 3.63. The minimum absolute atomic E-state index is 0.217. The Morgan fingerprint density at radius 3 is 3.06 bits per heavy atom. The molecular formula is C10H17N3O3. The molecular weight excluding hydrogens is 210 g/mol. The van der Waals surface area contributed by atoms with Gasteiger partial charge < -0.3 is 19.9 Å². The number of ether oxygens (including phenoxy) is 1. The highest BCUT2D eigenvalue weighted by atomic mass is 16.5. The van der Waals surface area contributed by atoms with E-state index in [4.69, 9.17) is 9.26 Å². The molecule has 1 aromatic rings. The number of hydrogen-bond donors (Lipinski definition) is 2. The van der Waals surface area contributed by atoms with Crippen LogP contribution < -0.4 is 10.6 Å². The average molecular weight is 227 g/mol. The zero-order valence-corrected chi connectivity index (χ0v) is 9.74. The molecule has 1 amide bonds. The van der Waals surface area contributed by atoms with E-state index >= 15 is 0 Å². The van der Waals surface area contributed by atoms with Crippen LogP contribution in [0.2, 0.25) is 0 Å². The summed E-state index contributed by atoms with van der Waals surface area (Å²) in [6, 6.07) is 1.79. The molecule has 6 heteroatoms. The van der Waals surface area contributed by atoms with Crippen LogP contribution in [0.5, 0.6) is 0 Å². The Morgan fingerprint density at radius 1 is 1.69 bits per heavy atom. The molecule has 0 fully saturated rings. The number of likely N-dealkylation sites (N-methyl/N-ethyl adjacent to an activating group) is 1. The van der Waals surface area contributed by atoms with Crippen molar-refractivity contribution < 1.29 is 14.1 Å². The van der Waals surface area contributed by atoms with Crippen LogP contribution >= 0.6 is 0 Å². The van der Waals surface area contributed by atoms with E-state index in [0.717, 1.165) is 0 Å². The number of carbonyl (C=O) groups is 1. The summed E-state index contributed by atoms with van der Waals surface area (Å²) in [5.74, 6) is 0.294. The number of aromatic nitrogens is 1. The minimum atomic E-state index is -0.242. The Bertz CT molecular complexity index is 338. The Morgan fingerprint density at radius 2 is 2.44 bits per heavy atom. The van der Waals surface area contributed by atoms with Gasteiger partial charge in [-0.1, -0.05) is 5.16 Å². The number of nitrogens with zero attached hydrogens (tertiary/aromatic N) is 1. The molecule has 90 valence electrons. The van der Waals surface area contributed by atoms with Gasteiger partial charge in [0, 0.05) is 25.8 Å². The Labute approximate surface area is 94.3 Å². The molecule has 0 saturated carbocycles.